The number of aliphatic hydroxyl groups excluding tert-OH is 1. The summed E-state index contributed by atoms with van der Waals surface area (Å²) in [4.78, 5) is 21.2. The van der Waals surface area contributed by atoms with Gasteiger partial charge in [-0.25, -0.2) is 8.42 Å². The van der Waals surface area contributed by atoms with Crippen molar-refractivity contribution in [2.75, 3.05) is 37.7 Å². The molecular weight excluding hydrogens is 444 g/mol. The largest absolute Gasteiger partial charge is 0.486 e. The molecule has 1 aromatic carbocycles. The third-order valence-corrected chi connectivity index (χ3v) is 6.27. The van der Waals surface area contributed by atoms with Crippen LogP contribution in [-0.2, 0) is 16.6 Å². The Kier molecular flexibility index (Phi) is 7.93. The summed E-state index contributed by atoms with van der Waals surface area (Å²) in [5.74, 6) is -0.182. The molecule has 10 heteroatoms. The Morgan fingerprint density at radius 1 is 1.30 bits per heavy atom. The van der Waals surface area contributed by atoms with Gasteiger partial charge in [0.25, 0.3) is 5.91 Å². The topological polar surface area (TPSA) is 112 Å². The van der Waals surface area contributed by atoms with Gasteiger partial charge in [-0.3, -0.25) is 19.4 Å². The Hall–Kier alpha value is -2.69. The molecule has 3 rings (SSSR count). The molecule has 2 N–H and O–H groups in total. The number of hydrogen-bond donors (Lipinski definition) is 2. The standard InChI is InChI=1S/C23H32N4O5S/c1-16-12-27(17(2)15-28)23(29)19-6-5-7-20(25-33(4,30)31)22(19)32-21(16)14-26(3)13-18-8-10-24-11-9-18/h5-11,16-17,21,25,28H,12-15H2,1-4H3/t16-,17+,21+/m0/s1. The van der Waals surface area contributed by atoms with Crippen LogP contribution < -0.4 is 9.46 Å². The lowest BCUT2D eigenvalue weighted by Crippen LogP contribution is -2.49. The van der Waals surface area contributed by atoms with E-state index >= 15 is 0 Å². The predicted molar refractivity (Wildman–Crippen MR) is 127 cm³/mol. The van der Waals surface area contributed by atoms with Crippen molar-refractivity contribution in [3.8, 4) is 5.75 Å². The van der Waals surface area contributed by atoms with Gasteiger partial charge < -0.3 is 14.7 Å². The number of rotatable bonds is 8. The summed E-state index contributed by atoms with van der Waals surface area (Å²) in [6.45, 7) is 5.23. The van der Waals surface area contributed by atoms with Crippen LogP contribution in [0.5, 0.6) is 5.75 Å². The van der Waals surface area contributed by atoms with E-state index in [0.717, 1.165) is 11.8 Å². The highest BCUT2D eigenvalue weighted by molar-refractivity contribution is 7.92. The van der Waals surface area contributed by atoms with Gasteiger partial charge in [0, 0.05) is 37.9 Å². The van der Waals surface area contributed by atoms with Gasteiger partial charge in [-0.2, -0.15) is 0 Å². The molecule has 3 atom stereocenters. The smallest absolute Gasteiger partial charge is 0.258 e. The number of fused-ring (bicyclic) bond motifs is 1. The van der Waals surface area contributed by atoms with E-state index in [1.54, 1.807) is 42.4 Å². The third kappa shape index (κ3) is 6.43. The second-order valence-electron chi connectivity index (χ2n) is 8.73. The molecule has 180 valence electrons. The van der Waals surface area contributed by atoms with Crippen LogP contribution in [0.4, 0.5) is 5.69 Å². The van der Waals surface area contributed by atoms with Crippen LogP contribution in [0, 0.1) is 5.92 Å². The van der Waals surface area contributed by atoms with Crippen LogP contribution in [-0.4, -0.2) is 79.4 Å². The minimum atomic E-state index is -3.59. The van der Waals surface area contributed by atoms with Gasteiger partial charge in [0.2, 0.25) is 10.0 Å². The minimum absolute atomic E-state index is 0.0812. The molecule has 2 aromatic rings. The Morgan fingerprint density at radius 2 is 2.00 bits per heavy atom. The number of likely N-dealkylation sites (N-methyl/N-ethyl adjacent to an activating group) is 1. The summed E-state index contributed by atoms with van der Waals surface area (Å²) >= 11 is 0. The quantitative estimate of drug-likeness (QED) is 0.598. The van der Waals surface area contributed by atoms with Crippen molar-refractivity contribution in [1.82, 2.24) is 14.8 Å². The fourth-order valence-corrected chi connectivity index (χ4v) is 4.47. The number of benzene rings is 1. The second-order valence-corrected chi connectivity index (χ2v) is 10.5. The minimum Gasteiger partial charge on any atom is -0.486 e. The molecule has 1 amide bonds. The summed E-state index contributed by atoms with van der Waals surface area (Å²) < 4.78 is 32.8. The molecule has 1 aromatic heterocycles. The molecule has 9 nitrogen and oxygen atoms in total. The first-order chi connectivity index (χ1) is 15.6. The SMILES string of the molecule is C[C@H](CO)N1C[C@H](C)[C@@H](CN(C)Cc2ccncc2)Oc2c(NS(C)(=O)=O)cccc2C1=O. The molecule has 0 aliphatic carbocycles. The van der Waals surface area contributed by atoms with Crippen molar-refractivity contribution in [2.45, 2.75) is 32.5 Å². The molecule has 0 saturated heterocycles. The Labute approximate surface area is 195 Å². The summed E-state index contributed by atoms with van der Waals surface area (Å²) in [5, 5.41) is 9.75. The van der Waals surface area contributed by atoms with Gasteiger partial charge in [0.1, 0.15) is 6.10 Å². The molecule has 33 heavy (non-hydrogen) atoms. The summed E-state index contributed by atoms with van der Waals surface area (Å²) in [6.07, 6.45) is 4.22. The van der Waals surface area contributed by atoms with Gasteiger partial charge >= 0.3 is 0 Å². The summed E-state index contributed by atoms with van der Waals surface area (Å²) in [5.41, 5.74) is 1.59. The Bertz CT molecular complexity index is 1060. The molecule has 2 heterocycles. The first-order valence-corrected chi connectivity index (χ1v) is 12.7. The van der Waals surface area contributed by atoms with Gasteiger partial charge in [-0.05, 0) is 43.8 Å². The number of ether oxygens (including phenoxy) is 1. The number of carbonyl (C=O) groups excluding carboxylic acids is 1. The summed E-state index contributed by atoms with van der Waals surface area (Å²) in [6, 6.07) is 8.32. The second kappa shape index (κ2) is 10.5. The van der Waals surface area contributed by atoms with E-state index in [4.69, 9.17) is 4.74 Å². The van der Waals surface area contributed by atoms with Crippen LogP contribution in [0.15, 0.2) is 42.7 Å². The fraction of sp³-hybridized carbons (Fsp3) is 0.478. The summed E-state index contributed by atoms with van der Waals surface area (Å²) in [7, 11) is -1.61. The van der Waals surface area contributed by atoms with E-state index < -0.39 is 16.1 Å². The molecule has 0 fully saturated rings. The number of sulfonamides is 1. The maximum absolute atomic E-state index is 13.4. The number of nitrogens with zero attached hydrogens (tertiary/aromatic N) is 3. The van der Waals surface area contributed by atoms with Crippen LogP contribution in [0.25, 0.3) is 0 Å². The van der Waals surface area contributed by atoms with E-state index in [0.29, 0.717) is 19.6 Å². The first kappa shape index (κ1) is 24.9. The average molecular weight is 477 g/mol. The monoisotopic (exact) mass is 476 g/mol. The molecule has 0 bridgehead atoms. The van der Waals surface area contributed by atoms with E-state index in [2.05, 4.69) is 14.6 Å². The van der Waals surface area contributed by atoms with E-state index in [1.165, 1.54) is 0 Å². The average Bonchev–Trinajstić information content (AvgIpc) is 2.75. The number of aliphatic hydroxyl groups is 1. The van der Waals surface area contributed by atoms with Crippen molar-refractivity contribution < 1.29 is 23.1 Å². The molecule has 0 unspecified atom stereocenters. The number of aromatic nitrogens is 1. The van der Waals surface area contributed by atoms with E-state index in [9.17, 15) is 18.3 Å². The molecule has 1 aliphatic heterocycles. The number of carbonyl (C=O) groups is 1. The number of nitrogens with one attached hydrogen (secondary N) is 1. The fourth-order valence-electron chi connectivity index (χ4n) is 3.91. The predicted octanol–water partition coefficient (Wildman–Crippen LogP) is 1.81. The van der Waals surface area contributed by atoms with Crippen molar-refractivity contribution in [2.24, 2.45) is 5.92 Å². The number of anilines is 1. The van der Waals surface area contributed by atoms with E-state index in [-0.39, 0.29) is 41.5 Å². The normalized spacial score (nSPS) is 19.9. The lowest BCUT2D eigenvalue weighted by molar-refractivity contribution is 0.0344. The van der Waals surface area contributed by atoms with Crippen LogP contribution in [0.3, 0.4) is 0 Å². The molecular formula is C23H32N4O5S. The molecule has 1 aliphatic rings. The van der Waals surface area contributed by atoms with Gasteiger partial charge in [-0.1, -0.05) is 13.0 Å². The van der Waals surface area contributed by atoms with Crippen molar-refractivity contribution in [3.05, 3.63) is 53.9 Å². The number of hydrogen-bond acceptors (Lipinski definition) is 7. The van der Waals surface area contributed by atoms with E-state index in [1.807, 2.05) is 26.1 Å². The lowest BCUT2D eigenvalue weighted by atomic mass is 9.99. The zero-order chi connectivity index (χ0) is 24.2. The molecule has 0 spiro atoms. The highest BCUT2D eigenvalue weighted by atomic mass is 32.2. The Morgan fingerprint density at radius 3 is 2.64 bits per heavy atom. The first-order valence-electron chi connectivity index (χ1n) is 10.9. The van der Waals surface area contributed by atoms with Crippen LogP contribution in [0.2, 0.25) is 0 Å². The van der Waals surface area contributed by atoms with Gasteiger partial charge in [0.15, 0.2) is 5.75 Å². The highest BCUT2D eigenvalue weighted by Crippen LogP contribution is 2.35. The van der Waals surface area contributed by atoms with Crippen molar-refractivity contribution >= 4 is 21.6 Å². The maximum atomic E-state index is 13.4. The van der Waals surface area contributed by atoms with Crippen molar-refractivity contribution in [3.63, 3.8) is 0 Å². The third-order valence-electron chi connectivity index (χ3n) is 5.68. The number of pyridine rings is 1. The molecule has 0 saturated carbocycles. The molecule has 0 radical (unpaired) electrons. The van der Waals surface area contributed by atoms with Crippen LogP contribution >= 0.6 is 0 Å². The van der Waals surface area contributed by atoms with Crippen molar-refractivity contribution in [1.29, 1.82) is 0 Å². The van der Waals surface area contributed by atoms with Crippen LogP contribution in [0.1, 0.15) is 29.8 Å². The Balaban J connectivity index is 1.98. The maximum Gasteiger partial charge on any atom is 0.258 e. The highest BCUT2D eigenvalue weighted by Gasteiger charge is 2.34. The van der Waals surface area contributed by atoms with Gasteiger partial charge in [0.05, 0.1) is 30.2 Å². The zero-order valence-corrected chi connectivity index (χ0v) is 20.2. The zero-order valence-electron chi connectivity index (χ0n) is 19.4. The number of para-hydroxylation sites is 1. The lowest BCUT2D eigenvalue weighted by Gasteiger charge is -2.38. The number of amides is 1. The van der Waals surface area contributed by atoms with Gasteiger partial charge in [-0.15, -0.1) is 0 Å².